The number of fused-ring (bicyclic) bond motifs is 1. The summed E-state index contributed by atoms with van der Waals surface area (Å²) < 4.78 is 22.2. The van der Waals surface area contributed by atoms with Gasteiger partial charge in [-0.1, -0.05) is 19.1 Å². The maximum Gasteiger partial charge on any atom is 0.161 e. The van der Waals surface area contributed by atoms with Gasteiger partial charge in [0.05, 0.1) is 9.99 Å². The second-order valence-electron chi connectivity index (χ2n) is 5.91. The van der Waals surface area contributed by atoms with Crippen molar-refractivity contribution in [1.29, 1.82) is 0 Å². The van der Waals surface area contributed by atoms with Crippen molar-refractivity contribution in [3.63, 3.8) is 0 Å². The fourth-order valence-corrected chi connectivity index (χ4v) is 3.31. The summed E-state index contributed by atoms with van der Waals surface area (Å²) in [4.78, 5) is 4.57. The second kappa shape index (κ2) is 6.93. The smallest absolute Gasteiger partial charge is 0.161 e. The second-order valence-corrected chi connectivity index (χ2v) is 6.76. The summed E-state index contributed by atoms with van der Waals surface area (Å²) in [6, 6.07) is 6.38. The Balaban J connectivity index is 2.04. The zero-order valence-electron chi connectivity index (χ0n) is 14.1. The molecule has 3 rings (SSSR count). The molecule has 0 unspecified atom stereocenters. The molecule has 0 fully saturated rings. The van der Waals surface area contributed by atoms with E-state index in [-0.39, 0.29) is 5.82 Å². The van der Waals surface area contributed by atoms with E-state index in [0.29, 0.717) is 6.61 Å². The molecule has 0 spiro atoms. The fraction of sp³-hybridized carbons (Fsp3) is 0.316. The molecule has 0 aliphatic rings. The average molecular weight is 391 g/mol. The van der Waals surface area contributed by atoms with Crippen LogP contribution >= 0.6 is 15.9 Å². The molecular weight excluding hydrogens is 371 g/mol. The van der Waals surface area contributed by atoms with Crippen LogP contribution in [0, 0.1) is 19.7 Å². The predicted octanol–water partition coefficient (Wildman–Crippen LogP) is 5.54. The van der Waals surface area contributed by atoms with Crippen LogP contribution in [0.5, 0.6) is 5.75 Å². The minimum absolute atomic E-state index is 0.241. The summed E-state index contributed by atoms with van der Waals surface area (Å²) in [6.07, 6.45) is 2.82. The largest absolute Gasteiger partial charge is 0.485 e. The molecule has 24 heavy (non-hydrogen) atoms. The Morgan fingerprint density at radius 3 is 2.58 bits per heavy atom. The monoisotopic (exact) mass is 390 g/mol. The van der Waals surface area contributed by atoms with Gasteiger partial charge in [-0.2, -0.15) is 0 Å². The minimum Gasteiger partial charge on any atom is -0.485 e. The Labute approximate surface area is 149 Å². The minimum atomic E-state index is -0.241. The lowest BCUT2D eigenvalue weighted by molar-refractivity contribution is 0.306. The molecule has 3 aromatic rings. The number of nitrogens with zero attached hydrogens (tertiary/aromatic N) is 2. The third-order valence-electron chi connectivity index (χ3n) is 4.28. The lowest BCUT2D eigenvalue weighted by Gasteiger charge is -2.13. The molecule has 0 atom stereocenters. The number of rotatable bonds is 5. The van der Waals surface area contributed by atoms with E-state index >= 15 is 0 Å². The highest BCUT2D eigenvalue weighted by molar-refractivity contribution is 9.10. The number of pyridine rings is 1. The quantitative estimate of drug-likeness (QED) is 0.571. The summed E-state index contributed by atoms with van der Waals surface area (Å²) in [6.45, 7) is 7.67. The van der Waals surface area contributed by atoms with E-state index in [2.05, 4.69) is 46.3 Å². The molecule has 0 bridgehead atoms. The van der Waals surface area contributed by atoms with Gasteiger partial charge in [-0.25, -0.2) is 4.39 Å². The van der Waals surface area contributed by atoms with E-state index in [0.717, 1.165) is 39.8 Å². The predicted molar refractivity (Wildman–Crippen MR) is 97.9 cm³/mol. The summed E-state index contributed by atoms with van der Waals surface area (Å²) >= 11 is 3.56. The number of benzene rings is 1. The summed E-state index contributed by atoms with van der Waals surface area (Å²) in [5.41, 5.74) is 5.30. The van der Waals surface area contributed by atoms with E-state index in [4.69, 9.17) is 4.74 Å². The van der Waals surface area contributed by atoms with Crippen molar-refractivity contribution in [2.45, 2.75) is 40.3 Å². The first kappa shape index (κ1) is 17.0. The Hall–Kier alpha value is -1.88. The number of aryl methyl sites for hydroxylation is 2. The molecule has 0 amide bonds. The summed E-state index contributed by atoms with van der Waals surface area (Å²) in [7, 11) is 0. The molecule has 2 heterocycles. The van der Waals surface area contributed by atoms with Gasteiger partial charge >= 0.3 is 0 Å². The Bertz CT molecular complexity index is 871. The Morgan fingerprint density at radius 1 is 1.21 bits per heavy atom. The SMILES string of the molecule is CCCn1c(C)c(C)c2ncc(Br)c(OCc3ccc(F)cc3)c21. The zero-order chi connectivity index (χ0) is 17.3. The van der Waals surface area contributed by atoms with Gasteiger partial charge in [-0.15, -0.1) is 0 Å². The van der Waals surface area contributed by atoms with Gasteiger partial charge in [-0.05, 0) is 59.5 Å². The van der Waals surface area contributed by atoms with Crippen LogP contribution in [0.25, 0.3) is 11.0 Å². The lowest BCUT2D eigenvalue weighted by atomic mass is 10.2. The van der Waals surface area contributed by atoms with Crippen molar-refractivity contribution in [2.75, 3.05) is 0 Å². The van der Waals surface area contributed by atoms with Crippen molar-refractivity contribution in [1.82, 2.24) is 9.55 Å². The van der Waals surface area contributed by atoms with Crippen molar-refractivity contribution in [2.24, 2.45) is 0 Å². The highest BCUT2D eigenvalue weighted by Crippen LogP contribution is 2.37. The van der Waals surface area contributed by atoms with Crippen LogP contribution in [0.15, 0.2) is 34.9 Å². The van der Waals surface area contributed by atoms with Gasteiger partial charge in [-0.3, -0.25) is 4.98 Å². The third-order valence-corrected chi connectivity index (χ3v) is 4.84. The first-order chi connectivity index (χ1) is 11.5. The van der Waals surface area contributed by atoms with E-state index in [1.165, 1.54) is 23.4 Å². The van der Waals surface area contributed by atoms with E-state index in [1.54, 1.807) is 18.3 Å². The van der Waals surface area contributed by atoms with Gasteiger partial charge < -0.3 is 9.30 Å². The lowest BCUT2D eigenvalue weighted by Crippen LogP contribution is -2.03. The van der Waals surface area contributed by atoms with Crippen molar-refractivity contribution in [3.8, 4) is 5.75 Å². The molecule has 0 aliphatic carbocycles. The topological polar surface area (TPSA) is 27.1 Å². The summed E-state index contributed by atoms with van der Waals surface area (Å²) in [5.74, 6) is 0.545. The number of aromatic nitrogens is 2. The van der Waals surface area contributed by atoms with E-state index in [9.17, 15) is 4.39 Å². The van der Waals surface area contributed by atoms with Crippen LogP contribution < -0.4 is 4.74 Å². The third kappa shape index (κ3) is 3.05. The van der Waals surface area contributed by atoms with Crippen LogP contribution in [-0.4, -0.2) is 9.55 Å². The number of halogens is 2. The Morgan fingerprint density at radius 2 is 1.92 bits per heavy atom. The van der Waals surface area contributed by atoms with Crippen LogP contribution in [0.4, 0.5) is 4.39 Å². The number of ether oxygens (including phenoxy) is 1. The fourth-order valence-electron chi connectivity index (χ4n) is 2.90. The normalized spacial score (nSPS) is 11.2. The maximum atomic E-state index is 13.0. The van der Waals surface area contributed by atoms with E-state index in [1.807, 2.05) is 0 Å². The van der Waals surface area contributed by atoms with Crippen LogP contribution in [-0.2, 0) is 13.2 Å². The molecule has 1 aromatic carbocycles. The molecule has 0 N–H and O–H groups in total. The first-order valence-corrected chi connectivity index (χ1v) is 8.83. The highest BCUT2D eigenvalue weighted by atomic mass is 79.9. The van der Waals surface area contributed by atoms with Gasteiger partial charge in [0.15, 0.2) is 5.75 Å². The van der Waals surface area contributed by atoms with Crippen molar-refractivity contribution >= 4 is 27.0 Å². The molecule has 0 radical (unpaired) electrons. The zero-order valence-corrected chi connectivity index (χ0v) is 15.7. The first-order valence-electron chi connectivity index (χ1n) is 8.04. The molecule has 126 valence electrons. The van der Waals surface area contributed by atoms with Gasteiger partial charge in [0, 0.05) is 18.4 Å². The van der Waals surface area contributed by atoms with Gasteiger partial charge in [0.1, 0.15) is 17.9 Å². The molecular formula is C19H20BrFN2O. The average Bonchev–Trinajstić information content (AvgIpc) is 2.81. The van der Waals surface area contributed by atoms with Gasteiger partial charge in [0.2, 0.25) is 0 Å². The summed E-state index contributed by atoms with van der Waals surface area (Å²) in [5, 5.41) is 0. The van der Waals surface area contributed by atoms with Crippen LogP contribution in [0.1, 0.15) is 30.2 Å². The Kier molecular flexibility index (Phi) is 4.90. The molecule has 5 heteroatoms. The highest BCUT2D eigenvalue weighted by Gasteiger charge is 2.18. The molecule has 0 saturated carbocycles. The van der Waals surface area contributed by atoms with E-state index < -0.39 is 0 Å². The van der Waals surface area contributed by atoms with Crippen LogP contribution in [0.3, 0.4) is 0 Å². The standard InChI is InChI=1S/C19H20BrFN2O/c1-4-9-23-13(3)12(2)17-18(23)19(16(20)10-22-17)24-11-14-5-7-15(21)8-6-14/h5-8,10H,4,9,11H2,1-3H3. The number of hydrogen-bond acceptors (Lipinski definition) is 2. The van der Waals surface area contributed by atoms with Crippen molar-refractivity contribution < 1.29 is 9.13 Å². The molecule has 3 nitrogen and oxygen atoms in total. The molecule has 0 aliphatic heterocycles. The van der Waals surface area contributed by atoms with Crippen molar-refractivity contribution in [3.05, 3.63) is 57.6 Å². The van der Waals surface area contributed by atoms with Gasteiger partial charge in [0.25, 0.3) is 0 Å². The maximum absolute atomic E-state index is 13.0. The molecule has 0 saturated heterocycles. The number of hydrogen-bond donors (Lipinski definition) is 0. The van der Waals surface area contributed by atoms with Crippen LogP contribution in [0.2, 0.25) is 0 Å². The molecule has 2 aromatic heterocycles.